The molecule has 112 valence electrons. The van der Waals surface area contributed by atoms with E-state index in [1.54, 1.807) is 17.0 Å². The number of rotatable bonds is 2. The molecule has 0 unspecified atom stereocenters. The Kier molecular flexibility index (Phi) is 4.42. The Labute approximate surface area is 121 Å². The van der Waals surface area contributed by atoms with Gasteiger partial charge in [-0.05, 0) is 12.1 Å². The zero-order valence-corrected chi connectivity index (χ0v) is 11.6. The third-order valence-corrected chi connectivity index (χ3v) is 3.39. The van der Waals surface area contributed by atoms with Gasteiger partial charge in [-0.25, -0.2) is 9.59 Å². The van der Waals surface area contributed by atoms with Crippen molar-refractivity contribution in [1.29, 1.82) is 0 Å². The fourth-order valence-corrected chi connectivity index (χ4v) is 2.25. The highest BCUT2D eigenvalue weighted by molar-refractivity contribution is 6.04. The Morgan fingerprint density at radius 2 is 1.52 bits per heavy atom. The van der Waals surface area contributed by atoms with E-state index in [1.807, 2.05) is 0 Å². The van der Waals surface area contributed by atoms with Crippen molar-refractivity contribution < 1.29 is 24.2 Å². The quantitative estimate of drug-likeness (QED) is 0.875. The lowest BCUT2D eigenvalue weighted by Crippen LogP contribution is -2.50. The van der Waals surface area contributed by atoms with Gasteiger partial charge in [-0.15, -0.1) is 0 Å². The third-order valence-electron chi connectivity index (χ3n) is 3.39. The zero-order chi connectivity index (χ0) is 15.4. The average Bonchev–Trinajstić information content (AvgIpc) is 2.53. The van der Waals surface area contributed by atoms with Crippen LogP contribution < -0.4 is 0 Å². The van der Waals surface area contributed by atoms with Crippen molar-refractivity contribution in [2.45, 2.75) is 0 Å². The van der Waals surface area contributed by atoms with Gasteiger partial charge in [0.15, 0.2) is 0 Å². The van der Waals surface area contributed by atoms with Crippen LogP contribution in [-0.4, -0.2) is 66.2 Å². The third kappa shape index (κ3) is 3.13. The zero-order valence-electron chi connectivity index (χ0n) is 11.6. The molecule has 1 aliphatic heterocycles. The molecule has 1 aliphatic rings. The summed E-state index contributed by atoms with van der Waals surface area (Å²) < 4.78 is 4.63. The minimum Gasteiger partial charge on any atom is -0.478 e. The second-order valence-corrected chi connectivity index (χ2v) is 4.60. The first-order valence-electron chi connectivity index (χ1n) is 6.49. The molecule has 1 N–H and O–H groups in total. The molecule has 0 saturated carbocycles. The Morgan fingerprint density at radius 3 is 2.05 bits per heavy atom. The molecular formula is C14H16N2O5. The molecule has 0 spiro atoms. The summed E-state index contributed by atoms with van der Waals surface area (Å²) in [6, 6.07) is 6.11. The van der Waals surface area contributed by atoms with E-state index >= 15 is 0 Å². The molecular weight excluding hydrogens is 276 g/mol. The summed E-state index contributed by atoms with van der Waals surface area (Å²) in [4.78, 5) is 38.0. The van der Waals surface area contributed by atoms with E-state index in [4.69, 9.17) is 5.11 Å². The monoisotopic (exact) mass is 292 g/mol. The number of ether oxygens (including phenoxy) is 1. The van der Waals surface area contributed by atoms with Crippen LogP contribution in [0.3, 0.4) is 0 Å². The van der Waals surface area contributed by atoms with Crippen LogP contribution in [0.25, 0.3) is 0 Å². The predicted molar refractivity (Wildman–Crippen MR) is 73.3 cm³/mol. The lowest BCUT2D eigenvalue weighted by Gasteiger charge is -2.34. The average molecular weight is 292 g/mol. The summed E-state index contributed by atoms with van der Waals surface area (Å²) in [6.07, 6.45) is -0.423. The van der Waals surface area contributed by atoms with Crippen LogP contribution in [0.5, 0.6) is 0 Å². The number of piperazine rings is 1. The Balaban J connectivity index is 2.09. The van der Waals surface area contributed by atoms with Gasteiger partial charge in [-0.1, -0.05) is 12.1 Å². The molecule has 1 saturated heterocycles. The number of carboxylic acid groups (broad SMARTS) is 1. The van der Waals surface area contributed by atoms with E-state index in [-0.39, 0.29) is 17.0 Å². The highest BCUT2D eigenvalue weighted by Crippen LogP contribution is 2.14. The van der Waals surface area contributed by atoms with E-state index in [0.717, 1.165) is 0 Å². The highest BCUT2D eigenvalue weighted by Gasteiger charge is 2.27. The van der Waals surface area contributed by atoms with Crippen LogP contribution in [0, 0.1) is 0 Å². The number of aromatic carboxylic acids is 1. The fraction of sp³-hybridized carbons (Fsp3) is 0.357. The van der Waals surface area contributed by atoms with Gasteiger partial charge in [0, 0.05) is 26.2 Å². The van der Waals surface area contributed by atoms with Gasteiger partial charge in [0.05, 0.1) is 18.2 Å². The van der Waals surface area contributed by atoms with E-state index in [1.165, 1.54) is 24.1 Å². The van der Waals surface area contributed by atoms with Crippen molar-refractivity contribution in [2.24, 2.45) is 0 Å². The Hall–Kier alpha value is -2.57. The molecule has 21 heavy (non-hydrogen) atoms. The first-order chi connectivity index (χ1) is 10.0. The maximum atomic E-state index is 12.4. The highest BCUT2D eigenvalue weighted by atomic mass is 16.5. The lowest BCUT2D eigenvalue weighted by atomic mass is 10.1. The summed E-state index contributed by atoms with van der Waals surface area (Å²) in [6.45, 7) is 1.44. The number of carbonyl (C=O) groups is 3. The predicted octanol–water partition coefficient (Wildman–Crippen LogP) is 0.909. The number of carboxylic acids is 1. The standard InChI is InChI=1S/C14H16N2O5/c1-21-14(20)16-8-6-15(7-9-16)12(17)10-4-2-3-5-11(10)13(18)19/h2-5H,6-9H2,1H3,(H,18,19). The first kappa shape index (κ1) is 14.8. The molecule has 0 atom stereocenters. The molecule has 0 aromatic heterocycles. The molecule has 0 aliphatic carbocycles. The van der Waals surface area contributed by atoms with Gasteiger partial charge in [0.25, 0.3) is 5.91 Å². The molecule has 7 nitrogen and oxygen atoms in total. The normalized spacial score (nSPS) is 14.7. The topological polar surface area (TPSA) is 87.2 Å². The van der Waals surface area contributed by atoms with Crippen LogP contribution in [-0.2, 0) is 4.74 Å². The van der Waals surface area contributed by atoms with Crippen molar-refractivity contribution in [3.63, 3.8) is 0 Å². The number of carbonyl (C=O) groups excluding carboxylic acids is 2. The van der Waals surface area contributed by atoms with Gasteiger partial charge < -0.3 is 19.6 Å². The second kappa shape index (κ2) is 6.25. The van der Waals surface area contributed by atoms with Crippen molar-refractivity contribution in [3.05, 3.63) is 35.4 Å². The summed E-state index contributed by atoms with van der Waals surface area (Å²) in [5.74, 6) is -1.47. The van der Waals surface area contributed by atoms with Gasteiger partial charge in [-0.2, -0.15) is 0 Å². The van der Waals surface area contributed by atoms with Gasteiger partial charge in [-0.3, -0.25) is 4.79 Å². The Morgan fingerprint density at radius 1 is 1.00 bits per heavy atom. The number of nitrogens with zero attached hydrogens (tertiary/aromatic N) is 2. The largest absolute Gasteiger partial charge is 0.478 e. The number of methoxy groups -OCH3 is 1. The lowest BCUT2D eigenvalue weighted by molar-refractivity contribution is 0.0588. The number of hydrogen-bond acceptors (Lipinski definition) is 4. The van der Waals surface area contributed by atoms with E-state index in [0.29, 0.717) is 26.2 Å². The van der Waals surface area contributed by atoms with Crippen molar-refractivity contribution in [3.8, 4) is 0 Å². The van der Waals surface area contributed by atoms with Crippen LogP contribution in [0.4, 0.5) is 4.79 Å². The SMILES string of the molecule is COC(=O)N1CCN(C(=O)c2ccccc2C(=O)O)CC1. The van der Waals surface area contributed by atoms with Crippen LogP contribution in [0.2, 0.25) is 0 Å². The maximum absolute atomic E-state index is 12.4. The van der Waals surface area contributed by atoms with Crippen molar-refractivity contribution in [2.75, 3.05) is 33.3 Å². The smallest absolute Gasteiger partial charge is 0.409 e. The molecule has 7 heteroatoms. The molecule has 0 bridgehead atoms. The van der Waals surface area contributed by atoms with Crippen LogP contribution >= 0.6 is 0 Å². The summed E-state index contributed by atoms with van der Waals surface area (Å²) in [7, 11) is 1.31. The minimum atomic E-state index is -1.13. The maximum Gasteiger partial charge on any atom is 0.409 e. The molecule has 1 heterocycles. The first-order valence-corrected chi connectivity index (χ1v) is 6.49. The fourth-order valence-electron chi connectivity index (χ4n) is 2.25. The minimum absolute atomic E-state index is 0.0158. The van der Waals surface area contributed by atoms with E-state index < -0.39 is 12.1 Å². The van der Waals surface area contributed by atoms with E-state index in [2.05, 4.69) is 4.74 Å². The number of benzene rings is 1. The van der Waals surface area contributed by atoms with Gasteiger partial charge in [0.1, 0.15) is 0 Å². The summed E-state index contributed by atoms with van der Waals surface area (Å²) >= 11 is 0. The molecule has 1 aromatic carbocycles. The summed E-state index contributed by atoms with van der Waals surface area (Å²) in [5, 5.41) is 9.12. The van der Waals surface area contributed by atoms with Gasteiger partial charge in [0.2, 0.25) is 0 Å². The van der Waals surface area contributed by atoms with Crippen LogP contribution in [0.15, 0.2) is 24.3 Å². The number of hydrogen-bond donors (Lipinski definition) is 1. The molecule has 0 radical (unpaired) electrons. The van der Waals surface area contributed by atoms with Gasteiger partial charge >= 0.3 is 12.1 Å². The second-order valence-electron chi connectivity index (χ2n) is 4.60. The molecule has 2 rings (SSSR count). The molecule has 1 aromatic rings. The van der Waals surface area contributed by atoms with Crippen LogP contribution in [0.1, 0.15) is 20.7 Å². The molecule has 1 fully saturated rings. The van der Waals surface area contributed by atoms with Crippen molar-refractivity contribution >= 4 is 18.0 Å². The van der Waals surface area contributed by atoms with Crippen molar-refractivity contribution in [1.82, 2.24) is 9.80 Å². The Bertz CT molecular complexity index is 564. The molecule has 2 amide bonds. The summed E-state index contributed by atoms with van der Waals surface area (Å²) in [5.41, 5.74) is 0.148. The number of amides is 2. The van der Waals surface area contributed by atoms with E-state index in [9.17, 15) is 14.4 Å².